The molecule has 0 fully saturated rings. The van der Waals surface area contributed by atoms with Gasteiger partial charge in [0.15, 0.2) is 12.3 Å². The fourth-order valence-corrected chi connectivity index (χ4v) is 14.6. The minimum Gasteiger partial charge on any atom is -0.492 e. The topological polar surface area (TPSA) is 424 Å². The van der Waals surface area contributed by atoms with Gasteiger partial charge in [-0.05, 0) is 91.9 Å². The van der Waals surface area contributed by atoms with Crippen molar-refractivity contribution in [3.8, 4) is 11.8 Å². The van der Waals surface area contributed by atoms with E-state index >= 15 is 0 Å². The summed E-state index contributed by atoms with van der Waals surface area (Å²) in [6.07, 6.45) is 11.6. The van der Waals surface area contributed by atoms with Gasteiger partial charge < -0.3 is 57.8 Å². The minimum absolute atomic E-state index is 0.00475. The largest absolute Gasteiger partial charge is 0.492 e. The molecule has 5 aromatic rings. The lowest BCUT2D eigenvalue weighted by atomic mass is 9.74. The molecule has 0 amide bonds. The first-order chi connectivity index (χ1) is 45.3. The summed E-state index contributed by atoms with van der Waals surface area (Å²) >= 11 is 0. The molecule has 7 N–H and O–H groups in total. The van der Waals surface area contributed by atoms with Gasteiger partial charge in [-0.3, -0.25) is 22.8 Å². The second kappa shape index (κ2) is 33.3. The zero-order valence-corrected chi connectivity index (χ0v) is 56.9. The highest BCUT2D eigenvalue weighted by Crippen LogP contribution is 2.54. The Kier molecular flexibility index (Phi) is 26.6. The minimum atomic E-state index is -5.12. The molecular weight excluding hydrogens is 1370 g/mol. The number of aromatic hydroxyl groups is 2. The average molecular weight is 1450 g/mol. The third-order valence-electron chi connectivity index (χ3n) is 15.8. The average Bonchev–Trinajstić information content (AvgIpc) is 1.53. The number of hydrogen-bond acceptors (Lipinski definition) is 23. The van der Waals surface area contributed by atoms with Gasteiger partial charge in [0.05, 0.1) is 107 Å². The van der Waals surface area contributed by atoms with Crippen molar-refractivity contribution in [3.05, 3.63) is 120 Å². The number of ether oxygens (including phenoxy) is 8. The highest BCUT2D eigenvalue weighted by atomic mass is 32.2. The van der Waals surface area contributed by atoms with Crippen LogP contribution in [0.15, 0.2) is 128 Å². The number of allylic oxidation sites excluding steroid dienone is 8. The quantitative estimate of drug-likeness (QED) is 0.0112. The van der Waals surface area contributed by atoms with Crippen LogP contribution in [0.3, 0.4) is 0 Å². The van der Waals surface area contributed by atoms with Gasteiger partial charge in [0.2, 0.25) is 17.4 Å². The van der Waals surface area contributed by atoms with Crippen LogP contribution in [0.2, 0.25) is 0 Å². The second-order valence-corrected chi connectivity index (χ2v) is 29.4. The highest BCUT2D eigenvalue weighted by Gasteiger charge is 2.50. The number of nitrogens with zero attached hydrogens (tertiary/aromatic N) is 3. The first-order valence-electron chi connectivity index (χ1n) is 29.7. The molecule has 0 spiro atoms. The van der Waals surface area contributed by atoms with E-state index in [0.717, 1.165) is 24.3 Å². The number of anilines is 1. The van der Waals surface area contributed by atoms with Crippen LogP contribution in [0, 0.1) is 0 Å². The smallest absolute Gasteiger partial charge is 0.335 e. The molecule has 1 aromatic heterocycles. The SMILES string of the molecule is COCCOCCOCCOCCC1(C)C(=CC=CC=CC=CC2=[N+](CCOC)c3ccc4c(S(=O)(=O)O)cc(S(=O)(=O)O)cc4c3C2(C)CCCS(=O)(=O)O)N(CCOCCOCCOCCC(=O)On2c(O)ccc2O)c2ccc3c(S(=O)(=O)O)cc(S(=O)(=O)O)cc3c21. The van der Waals surface area contributed by atoms with Gasteiger partial charge in [0, 0.05) is 84.8 Å². The maximum atomic E-state index is 13.0. The Bertz CT molecular complexity index is 4360. The van der Waals surface area contributed by atoms with Crippen LogP contribution in [0.25, 0.3) is 21.5 Å². The molecule has 0 saturated carbocycles. The van der Waals surface area contributed by atoms with E-state index in [9.17, 15) is 79.9 Å². The predicted molar refractivity (Wildman–Crippen MR) is 347 cm³/mol. The Morgan fingerprint density at radius 3 is 1.54 bits per heavy atom. The fraction of sp³-hybridized carbons (Fsp3) is 0.443. The molecule has 0 bridgehead atoms. The summed E-state index contributed by atoms with van der Waals surface area (Å²) in [4.78, 5) is 15.7. The van der Waals surface area contributed by atoms with Gasteiger partial charge in [-0.15, -0.1) is 4.73 Å². The molecule has 528 valence electrons. The van der Waals surface area contributed by atoms with E-state index in [1.807, 2.05) is 16.4 Å². The standard InChI is InChI=1S/C61H77N3O27S5/c1-60(20-10-38-92(68,69)70)53(62(22-26-83-3)49-15-13-45-47(58(49)60)39-43(93(71,72)73)41-51(45)95(77,78)79)11-8-6-5-7-9-12-54-61(2,21-25-86-31-34-90-37-36-88-29-28-84-4)59-48-40-44(94(74,75)76)42-52(96(80,81)82)46(48)14-16-50(59)63(54)23-27-87-32-35-89-33-30-85-24-19-57(67)91-64-55(65)17-18-56(64)66/h5-9,11-18,39-42H,10,19-38H2,1-4H3,(H6-,65,66,68,69,70,71,72,73,74,75,76,77,78,79,80,81,82)/p+1. The van der Waals surface area contributed by atoms with E-state index in [1.54, 1.807) is 68.7 Å². The van der Waals surface area contributed by atoms with Crippen molar-refractivity contribution in [1.82, 2.24) is 4.73 Å². The molecule has 3 heterocycles. The number of rotatable bonds is 40. The zero-order valence-electron chi connectivity index (χ0n) is 52.8. The highest BCUT2D eigenvalue weighted by molar-refractivity contribution is 7.87. The lowest BCUT2D eigenvalue weighted by molar-refractivity contribution is -0.441. The summed E-state index contributed by atoms with van der Waals surface area (Å²) in [6, 6.07) is 11.7. The van der Waals surface area contributed by atoms with Gasteiger partial charge >= 0.3 is 5.97 Å². The lowest BCUT2D eigenvalue weighted by Gasteiger charge is -2.31. The molecule has 7 rings (SSSR count). The zero-order chi connectivity index (χ0) is 70.3. The van der Waals surface area contributed by atoms with Crippen molar-refractivity contribution >= 4 is 95.2 Å². The van der Waals surface area contributed by atoms with Crippen molar-refractivity contribution in [2.45, 2.75) is 69.9 Å². The number of carbonyl (C=O) groups is 1. The maximum Gasteiger partial charge on any atom is 0.335 e. The van der Waals surface area contributed by atoms with Crippen LogP contribution in [0.4, 0.5) is 11.4 Å². The summed E-state index contributed by atoms with van der Waals surface area (Å²) < 4.78 is 225. The molecule has 96 heavy (non-hydrogen) atoms. The Labute approximate surface area is 556 Å². The van der Waals surface area contributed by atoms with Gasteiger partial charge in [-0.2, -0.15) is 46.7 Å². The van der Waals surface area contributed by atoms with Gasteiger partial charge in [0.1, 0.15) is 16.4 Å². The van der Waals surface area contributed by atoms with Crippen molar-refractivity contribution in [1.29, 1.82) is 0 Å². The monoisotopic (exact) mass is 1440 g/mol. The molecule has 0 aliphatic carbocycles. The molecule has 4 aromatic carbocycles. The summed E-state index contributed by atoms with van der Waals surface area (Å²) in [5, 5.41) is 19.3. The van der Waals surface area contributed by atoms with Crippen molar-refractivity contribution < 1.29 is 127 Å². The molecule has 2 aliphatic rings. The molecule has 2 atom stereocenters. The first kappa shape index (κ1) is 76.8. The summed E-state index contributed by atoms with van der Waals surface area (Å²) in [7, 11) is -21.9. The van der Waals surface area contributed by atoms with Crippen LogP contribution in [-0.2, 0) is 104 Å². The van der Waals surface area contributed by atoms with Crippen LogP contribution in [0.5, 0.6) is 11.8 Å². The second-order valence-electron chi connectivity index (χ2n) is 22.2. The van der Waals surface area contributed by atoms with E-state index < -0.39 is 104 Å². The Morgan fingerprint density at radius 1 is 0.521 bits per heavy atom. The van der Waals surface area contributed by atoms with Crippen LogP contribution < -0.4 is 9.74 Å². The van der Waals surface area contributed by atoms with Gasteiger partial charge in [-0.25, -0.2) is 4.79 Å². The van der Waals surface area contributed by atoms with E-state index in [0.29, 0.717) is 70.6 Å². The number of carbonyl (C=O) groups excluding carboxylic acids is 1. The first-order valence-corrected chi connectivity index (χ1v) is 37.1. The summed E-state index contributed by atoms with van der Waals surface area (Å²) in [5.74, 6) is -2.41. The number of hydrogen-bond donors (Lipinski definition) is 7. The van der Waals surface area contributed by atoms with E-state index in [2.05, 4.69) is 0 Å². The van der Waals surface area contributed by atoms with E-state index in [4.69, 9.17) is 42.7 Å². The third kappa shape index (κ3) is 19.6. The molecular formula is C61H78N3O27S5+. The molecule has 0 saturated heterocycles. The van der Waals surface area contributed by atoms with Gasteiger partial charge in [0.25, 0.3) is 50.6 Å². The maximum absolute atomic E-state index is 13.0. The van der Waals surface area contributed by atoms with Crippen molar-refractivity contribution in [2.75, 3.05) is 130 Å². The van der Waals surface area contributed by atoms with Crippen LogP contribution >= 0.6 is 0 Å². The molecule has 2 unspecified atom stereocenters. The van der Waals surface area contributed by atoms with E-state index in [-0.39, 0.29) is 133 Å². The van der Waals surface area contributed by atoms with Crippen molar-refractivity contribution in [3.63, 3.8) is 0 Å². The Hall–Kier alpha value is -6.59. The van der Waals surface area contributed by atoms with E-state index in [1.165, 1.54) is 19.2 Å². The molecule has 35 heteroatoms. The molecule has 30 nitrogen and oxygen atoms in total. The summed E-state index contributed by atoms with van der Waals surface area (Å²) in [6.45, 7) is 6.12. The lowest BCUT2D eigenvalue weighted by Crippen LogP contribution is -2.32. The number of fused-ring (bicyclic) bond motifs is 6. The number of benzene rings is 4. The molecule has 2 aliphatic heterocycles. The third-order valence-corrected chi connectivity index (χ3v) is 20.0. The van der Waals surface area contributed by atoms with Crippen molar-refractivity contribution in [2.24, 2.45) is 0 Å². The van der Waals surface area contributed by atoms with Gasteiger partial charge in [-0.1, -0.05) is 36.4 Å². The fourth-order valence-electron chi connectivity index (χ4n) is 11.4. The van der Waals surface area contributed by atoms with Crippen LogP contribution in [0.1, 0.15) is 50.7 Å². The normalized spacial score (nSPS) is 17.6. The summed E-state index contributed by atoms with van der Waals surface area (Å²) in [5.41, 5.74) is 0.198. The van der Waals surface area contributed by atoms with Crippen LogP contribution in [-0.4, -0.2) is 222 Å². The number of aromatic nitrogens is 1. The number of methoxy groups -OCH3 is 2. The molecule has 0 radical (unpaired) electrons. The predicted octanol–water partition coefficient (Wildman–Crippen LogP) is 5.38. The Balaban J connectivity index is 1.21. The Morgan fingerprint density at radius 2 is 1.01 bits per heavy atom.